The molecule has 2 aliphatic heterocycles. The fourth-order valence-corrected chi connectivity index (χ4v) is 3.96. The van der Waals surface area contributed by atoms with Gasteiger partial charge < -0.3 is 15.7 Å². The summed E-state index contributed by atoms with van der Waals surface area (Å²) < 4.78 is 31.7. The Labute approximate surface area is 132 Å². The number of hydrogen-bond acceptors (Lipinski definition) is 6. The standard InChI is InChI=1S/C13H15N3O6S/c14-10(7-1-3-8(17)4-2-7)12(18)15-6-5-9-11(15)13(19)16(9)23(20,21)22/h1-4,9-11,17H,5-6,14H2,(H,20,21,22)/t9-,10-,11+/m1/s1. The van der Waals surface area contributed by atoms with Gasteiger partial charge in [0, 0.05) is 6.54 Å². The Bertz CT molecular complexity index is 762. The Hall–Kier alpha value is -2.17. The number of carbonyl (C=O) groups excluding carboxylic acids is 2. The zero-order valence-corrected chi connectivity index (χ0v) is 12.7. The first kappa shape index (κ1) is 15.7. The first-order valence-electron chi connectivity index (χ1n) is 6.87. The van der Waals surface area contributed by atoms with Crippen LogP contribution in [0, 0.1) is 0 Å². The van der Waals surface area contributed by atoms with Crippen LogP contribution < -0.4 is 5.73 Å². The fraction of sp³-hybridized carbons (Fsp3) is 0.385. The van der Waals surface area contributed by atoms with Crippen molar-refractivity contribution in [3.63, 3.8) is 0 Å². The number of phenolic OH excluding ortho intramolecular Hbond substituents is 1. The Balaban J connectivity index is 1.77. The van der Waals surface area contributed by atoms with Crippen LogP contribution in [0.5, 0.6) is 5.75 Å². The summed E-state index contributed by atoms with van der Waals surface area (Å²) in [5.74, 6) is -1.31. The number of aromatic hydroxyl groups is 1. The van der Waals surface area contributed by atoms with E-state index in [4.69, 9.17) is 10.3 Å². The van der Waals surface area contributed by atoms with E-state index in [1.807, 2.05) is 0 Å². The smallest absolute Gasteiger partial charge is 0.362 e. The predicted molar refractivity (Wildman–Crippen MR) is 77.3 cm³/mol. The molecular weight excluding hydrogens is 326 g/mol. The van der Waals surface area contributed by atoms with Crippen molar-refractivity contribution in [1.29, 1.82) is 0 Å². The third-order valence-corrected chi connectivity index (χ3v) is 5.14. The van der Waals surface area contributed by atoms with Gasteiger partial charge in [0.15, 0.2) is 0 Å². The van der Waals surface area contributed by atoms with E-state index in [2.05, 4.69) is 0 Å². The van der Waals surface area contributed by atoms with Crippen LogP contribution in [0.4, 0.5) is 0 Å². The minimum absolute atomic E-state index is 0.0348. The molecule has 10 heteroatoms. The molecule has 0 aromatic heterocycles. The fourth-order valence-electron chi connectivity index (χ4n) is 3.07. The van der Waals surface area contributed by atoms with Crippen molar-refractivity contribution in [2.75, 3.05) is 6.54 Å². The van der Waals surface area contributed by atoms with Crippen molar-refractivity contribution in [2.24, 2.45) is 5.73 Å². The van der Waals surface area contributed by atoms with Gasteiger partial charge in [-0.25, -0.2) is 4.31 Å². The lowest BCUT2D eigenvalue weighted by atomic mass is 9.99. The summed E-state index contributed by atoms with van der Waals surface area (Å²) in [6.45, 7) is 0.178. The second-order valence-corrected chi connectivity index (χ2v) is 6.80. The minimum Gasteiger partial charge on any atom is -0.508 e. The van der Waals surface area contributed by atoms with E-state index in [1.54, 1.807) is 0 Å². The molecule has 124 valence electrons. The van der Waals surface area contributed by atoms with Gasteiger partial charge in [0.1, 0.15) is 17.8 Å². The minimum atomic E-state index is -4.61. The highest BCUT2D eigenvalue weighted by Gasteiger charge is 2.60. The van der Waals surface area contributed by atoms with E-state index >= 15 is 0 Å². The predicted octanol–water partition coefficient (Wildman–Crippen LogP) is -0.993. The maximum Gasteiger partial charge on any atom is 0.362 e. The lowest BCUT2D eigenvalue weighted by Crippen LogP contribution is -2.68. The molecule has 3 atom stereocenters. The zero-order valence-electron chi connectivity index (χ0n) is 11.9. The van der Waals surface area contributed by atoms with Crippen LogP contribution in [0.2, 0.25) is 0 Å². The van der Waals surface area contributed by atoms with Crippen LogP contribution >= 0.6 is 0 Å². The molecule has 1 aromatic carbocycles. The highest BCUT2D eigenvalue weighted by atomic mass is 32.2. The second kappa shape index (κ2) is 5.18. The van der Waals surface area contributed by atoms with Gasteiger partial charge in [0.05, 0.1) is 6.04 Å². The highest BCUT2D eigenvalue weighted by molar-refractivity contribution is 7.84. The van der Waals surface area contributed by atoms with E-state index in [0.29, 0.717) is 9.87 Å². The second-order valence-electron chi connectivity index (χ2n) is 5.51. The molecule has 2 fully saturated rings. The van der Waals surface area contributed by atoms with E-state index < -0.39 is 40.2 Å². The number of hydrogen-bond donors (Lipinski definition) is 3. The molecule has 2 amide bonds. The van der Waals surface area contributed by atoms with Gasteiger partial charge in [-0.05, 0) is 24.1 Å². The van der Waals surface area contributed by atoms with Crippen LogP contribution in [0.15, 0.2) is 24.3 Å². The largest absolute Gasteiger partial charge is 0.508 e. The molecule has 0 radical (unpaired) electrons. The Kier molecular flexibility index (Phi) is 3.54. The molecule has 0 aliphatic carbocycles. The molecule has 2 heterocycles. The van der Waals surface area contributed by atoms with Crippen molar-refractivity contribution in [2.45, 2.75) is 24.5 Å². The van der Waals surface area contributed by atoms with Crippen LogP contribution in [0.25, 0.3) is 0 Å². The number of rotatable bonds is 3. The maximum atomic E-state index is 12.5. The molecule has 0 spiro atoms. The van der Waals surface area contributed by atoms with Gasteiger partial charge in [0.2, 0.25) is 5.91 Å². The summed E-state index contributed by atoms with van der Waals surface area (Å²) in [4.78, 5) is 25.6. The normalized spacial score (nSPS) is 25.0. The summed E-state index contributed by atoms with van der Waals surface area (Å²) in [7, 11) is -4.61. The molecule has 2 saturated heterocycles. The first-order valence-corrected chi connectivity index (χ1v) is 8.27. The quantitative estimate of drug-likeness (QED) is 0.473. The summed E-state index contributed by atoms with van der Waals surface area (Å²) >= 11 is 0. The molecule has 1 aromatic rings. The van der Waals surface area contributed by atoms with Gasteiger partial charge in [-0.1, -0.05) is 12.1 Å². The lowest BCUT2D eigenvalue weighted by molar-refractivity contribution is -0.152. The van der Waals surface area contributed by atoms with E-state index in [-0.39, 0.29) is 18.7 Å². The number of β-lactam (4-membered cyclic amide) rings is 1. The number of amides is 2. The van der Waals surface area contributed by atoms with Crippen molar-refractivity contribution >= 4 is 22.1 Å². The van der Waals surface area contributed by atoms with Gasteiger partial charge in [0.25, 0.3) is 5.91 Å². The number of benzene rings is 1. The maximum absolute atomic E-state index is 12.5. The van der Waals surface area contributed by atoms with E-state index in [1.165, 1.54) is 29.2 Å². The summed E-state index contributed by atoms with van der Waals surface area (Å²) in [5.41, 5.74) is 6.37. The number of phenols is 1. The Morgan fingerprint density at radius 3 is 2.48 bits per heavy atom. The first-order chi connectivity index (χ1) is 10.7. The molecule has 0 unspecified atom stereocenters. The van der Waals surface area contributed by atoms with Crippen LogP contribution in [-0.4, -0.2) is 57.7 Å². The lowest BCUT2D eigenvalue weighted by Gasteiger charge is -2.42. The molecule has 3 rings (SSSR count). The topological polar surface area (TPSA) is 141 Å². The van der Waals surface area contributed by atoms with Crippen molar-refractivity contribution in [3.8, 4) is 5.75 Å². The number of carbonyl (C=O) groups is 2. The number of nitrogens with zero attached hydrogens (tertiary/aromatic N) is 2. The third kappa shape index (κ3) is 2.44. The molecular formula is C13H15N3O6S. The summed E-state index contributed by atoms with van der Waals surface area (Å²) in [5, 5.41) is 9.25. The van der Waals surface area contributed by atoms with Gasteiger partial charge in [-0.3, -0.25) is 14.1 Å². The van der Waals surface area contributed by atoms with Crippen LogP contribution in [0.1, 0.15) is 18.0 Å². The van der Waals surface area contributed by atoms with Gasteiger partial charge >= 0.3 is 10.3 Å². The third-order valence-electron chi connectivity index (χ3n) is 4.19. The average molecular weight is 341 g/mol. The average Bonchev–Trinajstić information content (AvgIpc) is 2.83. The van der Waals surface area contributed by atoms with E-state index in [9.17, 15) is 23.1 Å². The molecule has 23 heavy (non-hydrogen) atoms. The Morgan fingerprint density at radius 2 is 1.91 bits per heavy atom. The SMILES string of the molecule is N[C@@H](C(=O)N1CC[C@@H]2[C@H]1C(=O)N2S(=O)(=O)O)c1ccc(O)cc1. The van der Waals surface area contributed by atoms with E-state index in [0.717, 1.165) is 0 Å². The monoisotopic (exact) mass is 341 g/mol. The molecule has 0 saturated carbocycles. The van der Waals surface area contributed by atoms with Gasteiger partial charge in [-0.15, -0.1) is 0 Å². The molecule has 0 bridgehead atoms. The zero-order chi connectivity index (χ0) is 16.9. The number of nitrogens with two attached hydrogens (primary N) is 1. The van der Waals surface area contributed by atoms with Crippen LogP contribution in [0.3, 0.4) is 0 Å². The molecule has 9 nitrogen and oxygen atoms in total. The molecule has 2 aliphatic rings. The van der Waals surface area contributed by atoms with Gasteiger partial charge in [-0.2, -0.15) is 8.42 Å². The van der Waals surface area contributed by atoms with Crippen molar-refractivity contribution < 1.29 is 27.7 Å². The summed E-state index contributed by atoms with van der Waals surface area (Å²) in [6, 6.07) is 3.10. The highest BCUT2D eigenvalue weighted by Crippen LogP contribution is 2.36. The van der Waals surface area contributed by atoms with Crippen LogP contribution in [-0.2, 0) is 19.9 Å². The Morgan fingerprint density at radius 1 is 1.30 bits per heavy atom. The van der Waals surface area contributed by atoms with Crippen molar-refractivity contribution in [3.05, 3.63) is 29.8 Å². The van der Waals surface area contributed by atoms with Crippen molar-refractivity contribution in [1.82, 2.24) is 9.21 Å². The number of fused-ring (bicyclic) bond motifs is 1. The summed E-state index contributed by atoms with van der Waals surface area (Å²) in [6.07, 6.45) is 0.254. The number of likely N-dealkylation sites (tertiary alicyclic amines) is 1. The molecule has 4 N–H and O–H groups in total.